The summed E-state index contributed by atoms with van der Waals surface area (Å²) in [6.45, 7) is 0.398. The monoisotopic (exact) mass is 591 g/mol. The van der Waals surface area contributed by atoms with Gasteiger partial charge in [0, 0.05) is 37.5 Å². The molecule has 0 spiro atoms. The summed E-state index contributed by atoms with van der Waals surface area (Å²) in [7, 11) is 4.64. The maximum atomic E-state index is 13.9. The second-order valence-electron chi connectivity index (χ2n) is 10.2. The van der Waals surface area contributed by atoms with E-state index in [1.165, 1.54) is 12.0 Å². The number of aromatic nitrogens is 4. The predicted octanol–water partition coefficient (Wildman–Crippen LogP) is 3.96. The van der Waals surface area contributed by atoms with E-state index < -0.39 is 0 Å². The molecule has 0 unspecified atom stereocenters. The molecule has 0 fully saturated rings. The van der Waals surface area contributed by atoms with E-state index in [0.29, 0.717) is 52.3 Å². The largest absolute Gasteiger partial charge is 0.493 e. The number of aryl methyl sites for hydroxylation is 1. The molecule has 0 N–H and O–H groups in total. The lowest BCUT2D eigenvalue weighted by atomic mass is 10.1. The third kappa shape index (κ3) is 5.24. The first-order valence-corrected chi connectivity index (χ1v) is 14.0. The molecule has 44 heavy (non-hydrogen) atoms. The summed E-state index contributed by atoms with van der Waals surface area (Å²) < 4.78 is 17.5. The van der Waals surface area contributed by atoms with Crippen molar-refractivity contribution in [2.75, 3.05) is 27.9 Å². The number of rotatable bonds is 10. The summed E-state index contributed by atoms with van der Waals surface area (Å²) in [5.74, 6) is 0.956. The van der Waals surface area contributed by atoms with Crippen molar-refractivity contribution in [3.05, 3.63) is 106 Å². The van der Waals surface area contributed by atoms with Gasteiger partial charge >= 0.3 is 6.01 Å². The number of nitrogens with zero attached hydrogens (tertiary/aromatic N) is 5. The Morgan fingerprint density at radius 2 is 1.41 bits per heavy atom. The van der Waals surface area contributed by atoms with Gasteiger partial charge in [0.1, 0.15) is 5.82 Å². The van der Waals surface area contributed by atoms with Crippen LogP contribution in [0.3, 0.4) is 0 Å². The topological polar surface area (TPSA) is 126 Å². The maximum Gasteiger partial charge on any atom is 0.316 e. The molecule has 3 heterocycles. The van der Waals surface area contributed by atoms with Crippen molar-refractivity contribution in [2.24, 2.45) is 0 Å². The zero-order chi connectivity index (χ0) is 30.8. The molecule has 5 aromatic rings. The van der Waals surface area contributed by atoms with Gasteiger partial charge in [0.2, 0.25) is 0 Å². The van der Waals surface area contributed by atoms with Crippen LogP contribution in [0.5, 0.6) is 17.5 Å². The highest BCUT2D eigenvalue weighted by Crippen LogP contribution is 2.28. The van der Waals surface area contributed by atoms with Crippen LogP contribution in [-0.2, 0) is 19.4 Å². The number of carbonyl (C=O) groups excluding carboxylic acids is 2. The van der Waals surface area contributed by atoms with Gasteiger partial charge in [-0.2, -0.15) is 0 Å². The highest BCUT2D eigenvalue weighted by molar-refractivity contribution is 6.21. The number of carbonyl (C=O) groups is 2. The molecule has 11 heteroatoms. The third-order valence-electron chi connectivity index (χ3n) is 7.69. The van der Waals surface area contributed by atoms with Gasteiger partial charge in [-0.05, 0) is 53.9 Å². The minimum absolute atomic E-state index is 0.0761. The lowest BCUT2D eigenvalue weighted by Gasteiger charge is -2.18. The molecule has 0 bridgehead atoms. The standard InChI is InChI=1S/C33H29N5O6/c1-42-27-11-8-20(16-28(27)43-2)12-14-37-29(13-15-38-30(39)23-6-4-5-7-24(23)31(38)40)36-26-17-21(9-10-25(26)32(37)41)22-18-34-33(44-3)35-19-22/h4-11,16-19H,12-15H2,1-3H3. The molecule has 0 aliphatic carbocycles. The van der Waals surface area contributed by atoms with Gasteiger partial charge in [0.25, 0.3) is 17.4 Å². The predicted molar refractivity (Wildman–Crippen MR) is 162 cm³/mol. The Bertz CT molecular complexity index is 1920. The van der Waals surface area contributed by atoms with Crippen LogP contribution in [0.2, 0.25) is 0 Å². The minimum Gasteiger partial charge on any atom is -0.493 e. The van der Waals surface area contributed by atoms with E-state index in [2.05, 4.69) is 9.97 Å². The molecular formula is C33H29N5O6. The molecule has 222 valence electrons. The molecule has 0 radical (unpaired) electrons. The van der Waals surface area contributed by atoms with E-state index in [4.69, 9.17) is 19.2 Å². The fraction of sp³-hybridized carbons (Fsp3) is 0.212. The first-order valence-electron chi connectivity index (χ1n) is 14.0. The summed E-state index contributed by atoms with van der Waals surface area (Å²) >= 11 is 0. The molecule has 11 nitrogen and oxygen atoms in total. The summed E-state index contributed by atoms with van der Waals surface area (Å²) in [5.41, 5.74) is 3.48. The highest BCUT2D eigenvalue weighted by atomic mass is 16.5. The second-order valence-corrected chi connectivity index (χ2v) is 10.2. The van der Waals surface area contributed by atoms with E-state index in [1.54, 1.807) is 61.5 Å². The fourth-order valence-corrected chi connectivity index (χ4v) is 5.37. The van der Waals surface area contributed by atoms with Crippen LogP contribution in [0.4, 0.5) is 0 Å². The third-order valence-corrected chi connectivity index (χ3v) is 7.69. The average Bonchev–Trinajstić information content (AvgIpc) is 3.31. The first kappa shape index (κ1) is 28.5. The number of imide groups is 1. The van der Waals surface area contributed by atoms with Gasteiger partial charge in [-0.15, -0.1) is 0 Å². The minimum atomic E-state index is -0.354. The number of ether oxygens (including phenoxy) is 3. The van der Waals surface area contributed by atoms with Crippen LogP contribution in [-0.4, -0.2) is 64.1 Å². The Morgan fingerprint density at radius 3 is 2.07 bits per heavy atom. The Hall–Kier alpha value is -5.58. The lowest BCUT2D eigenvalue weighted by molar-refractivity contribution is 0.0655. The molecular weight excluding hydrogens is 562 g/mol. The summed E-state index contributed by atoms with van der Waals surface area (Å²) in [6.07, 6.45) is 3.98. The maximum absolute atomic E-state index is 13.9. The van der Waals surface area contributed by atoms with Gasteiger partial charge in [0.15, 0.2) is 11.5 Å². The summed E-state index contributed by atoms with van der Waals surface area (Å²) in [6, 6.07) is 18.0. The quantitative estimate of drug-likeness (QED) is 0.222. The van der Waals surface area contributed by atoms with E-state index in [1.807, 2.05) is 30.3 Å². The second kappa shape index (κ2) is 12.0. The molecule has 1 aliphatic heterocycles. The number of hydrogen-bond acceptors (Lipinski definition) is 9. The van der Waals surface area contributed by atoms with Crippen LogP contribution in [0.1, 0.15) is 32.1 Å². The Balaban J connectivity index is 1.36. The van der Waals surface area contributed by atoms with Crippen molar-refractivity contribution < 1.29 is 23.8 Å². The van der Waals surface area contributed by atoms with E-state index in [9.17, 15) is 14.4 Å². The number of hydrogen-bond donors (Lipinski definition) is 0. The van der Waals surface area contributed by atoms with Gasteiger partial charge in [0.05, 0.1) is 43.4 Å². The Kier molecular flexibility index (Phi) is 7.76. The summed E-state index contributed by atoms with van der Waals surface area (Å²) in [4.78, 5) is 54.5. The molecule has 2 aromatic heterocycles. The molecule has 3 aromatic carbocycles. The van der Waals surface area contributed by atoms with Gasteiger partial charge in [-0.3, -0.25) is 23.9 Å². The van der Waals surface area contributed by atoms with E-state index in [0.717, 1.165) is 16.7 Å². The van der Waals surface area contributed by atoms with Crippen molar-refractivity contribution in [3.63, 3.8) is 0 Å². The van der Waals surface area contributed by atoms with Crippen LogP contribution < -0.4 is 19.8 Å². The van der Waals surface area contributed by atoms with Crippen molar-refractivity contribution in [3.8, 4) is 28.6 Å². The van der Waals surface area contributed by atoms with Crippen LogP contribution in [0.25, 0.3) is 22.0 Å². The Labute approximate surface area is 252 Å². The first-order chi connectivity index (χ1) is 21.4. The van der Waals surface area contributed by atoms with Crippen LogP contribution >= 0.6 is 0 Å². The lowest BCUT2D eigenvalue weighted by Crippen LogP contribution is -2.34. The normalized spacial score (nSPS) is 12.5. The van der Waals surface area contributed by atoms with Crippen LogP contribution in [0.15, 0.2) is 77.9 Å². The SMILES string of the molecule is COc1ncc(-c2ccc3c(=O)n(CCc4ccc(OC)c(OC)c4)c(CCN4C(=O)c5ccccc5C4=O)nc3c2)cn1. The van der Waals surface area contributed by atoms with Gasteiger partial charge in [-0.1, -0.05) is 24.3 Å². The molecule has 0 saturated heterocycles. The van der Waals surface area contributed by atoms with Crippen LogP contribution in [0, 0.1) is 0 Å². The van der Waals surface area contributed by atoms with Gasteiger partial charge < -0.3 is 14.2 Å². The smallest absolute Gasteiger partial charge is 0.316 e. The number of fused-ring (bicyclic) bond motifs is 2. The number of methoxy groups -OCH3 is 3. The molecule has 6 rings (SSSR count). The highest BCUT2D eigenvalue weighted by Gasteiger charge is 2.35. The molecule has 0 atom stereocenters. The van der Waals surface area contributed by atoms with E-state index in [-0.39, 0.29) is 36.3 Å². The Morgan fingerprint density at radius 1 is 0.705 bits per heavy atom. The fourth-order valence-electron chi connectivity index (χ4n) is 5.37. The van der Waals surface area contributed by atoms with Gasteiger partial charge in [-0.25, -0.2) is 15.0 Å². The zero-order valence-electron chi connectivity index (χ0n) is 24.4. The van der Waals surface area contributed by atoms with Crippen molar-refractivity contribution in [2.45, 2.75) is 19.4 Å². The molecule has 2 amide bonds. The van der Waals surface area contributed by atoms with E-state index >= 15 is 0 Å². The molecule has 1 aliphatic rings. The zero-order valence-corrected chi connectivity index (χ0v) is 24.4. The number of amides is 2. The van der Waals surface area contributed by atoms with Crippen molar-refractivity contribution in [1.82, 2.24) is 24.4 Å². The molecule has 0 saturated carbocycles. The van der Waals surface area contributed by atoms with Crippen molar-refractivity contribution in [1.29, 1.82) is 0 Å². The average molecular weight is 592 g/mol. The summed E-state index contributed by atoms with van der Waals surface area (Å²) in [5, 5.41) is 0.444. The number of benzene rings is 3. The van der Waals surface area contributed by atoms with Crippen molar-refractivity contribution >= 4 is 22.7 Å².